The molecule has 1 amide bonds. The van der Waals surface area contributed by atoms with Gasteiger partial charge in [0, 0.05) is 12.1 Å². The third-order valence-corrected chi connectivity index (χ3v) is 2.93. The number of amides is 1. The Morgan fingerprint density at radius 3 is 2.26 bits per heavy atom. The van der Waals surface area contributed by atoms with Gasteiger partial charge in [0.15, 0.2) is 0 Å². The Kier molecular flexibility index (Phi) is 4.71. The van der Waals surface area contributed by atoms with E-state index in [0.717, 1.165) is 0 Å². The molecule has 112 valence electrons. The van der Waals surface area contributed by atoms with Crippen LogP contribution in [-0.2, 0) is 4.74 Å². The quantitative estimate of drug-likeness (QED) is 0.777. The lowest BCUT2D eigenvalue weighted by Gasteiger charge is -2.34. The van der Waals surface area contributed by atoms with E-state index in [0.29, 0.717) is 6.42 Å². The van der Waals surface area contributed by atoms with Crippen molar-refractivity contribution in [3.8, 4) is 0 Å². The number of hydrogen-bond acceptors (Lipinski definition) is 3. The highest BCUT2D eigenvalue weighted by Crippen LogP contribution is 2.37. The van der Waals surface area contributed by atoms with Crippen molar-refractivity contribution in [1.29, 1.82) is 0 Å². The van der Waals surface area contributed by atoms with Gasteiger partial charge in [-0.1, -0.05) is 0 Å². The number of hydrogen-bond donors (Lipinski definition) is 2. The third-order valence-electron chi connectivity index (χ3n) is 2.93. The van der Waals surface area contributed by atoms with E-state index >= 15 is 0 Å². The van der Waals surface area contributed by atoms with Gasteiger partial charge in [-0.15, -0.1) is 0 Å². The smallest absolute Gasteiger partial charge is 0.407 e. The van der Waals surface area contributed by atoms with E-state index in [-0.39, 0.29) is 12.8 Å². The van der Waals surface area contributed by atoms with Crippen LogP contribution in [-0.4, -0.2) is 30.0 Å². The molecule has 1 saturated carbocycles. The molecule has 0 aromatic heterocycles. The van der Waals surface area contributed by atoms with Gasteiger partial charge in [0.1, 0.15) is 5.60 Å². The number of halogens is 3. The number of nitrogens with two attached hydrogens (primary N) is 1. The van der Waals surface area contributed by atoms with E-state index in [1.54, 1.807) is 20.8 Å². The second-order valence-electron chi connectivity index (χ2n) is 6.05. The second kappa shape index (κ2) is 5.56. The van der Waals surface area contributed by atoms with Crippen LogP contribution in [0.2, 0.25) is 0 Å². The van der Waals surface area contributed by atoms with Gasteiger partial charge < -0.3 is 15.8 Å². The van der Waals surface area contributed by atoms with Crippen molar-refractivity contribution in [2.75, 3.05) is 0 Å². The van der Waals surface area contributed by atoms with E-state index in [4.69, 9.17) is 10.5 Å². The molecular weight excluding hydrogens is 261 g/mol. The Bertz CT molecular complexity index is 326. The maximum atomic E-state index is 12.7. The molecule has 7 heteroatoms. The summed E-state index contributed by atoms with van der Waals surface area (Å²) >= 11 is 0. The fourth-order valence-corrected chi connectivity index (χ4v) is 2.22. The van der Waals surface area contributed by atoms with Crippen molar-refractivity contribution in [3.05, 3.63) is 0 Å². The topological polar surface area (TPSA) is 64.3 Å². The summed E-state index contributed by atoms with van der Waals surface area (Å²) in [5.74, 6) is -1.46. The molecule has 0 aromatic carbocycles. The highest BCUT2D eigenvalue weighted by molar-refractivity contribution is 5.68. The number of ether oxygens (including phenoxy) is 1. The number of alkyl carbamates (subject to hydrolysis) is 1. The molecule has 0 spiro atoms. The summed E-state index contributed by atoms with van der Waals surface area (Å²) in [6.45, 7) is 5.08. The molecule has 1 aliphatic rings. The molecule has 3 atom stereocenters. The zero-order valence-electron chi connectivity index (χ0n) is 11.4. The van der Waals surface area contributed by atoms with Crippen LogP contribution >= 0.6 is 0 Å². The van der Waals surface area contributed by atoms with E-state index < -0.39 is 35.9 Å². The lowest BCUT2D eigenvalue weighted by molar-refractivity contribution is -0.184. The van der Waals surface area contributed by atoms with Crippen LogP contribution in [0.1, 0.15) is 40.0 Å². The molecule has 3 N–H and O–H groups in total. The van der Waals surface area contributed by atoms with Crippen molar-refractivity contribution in [2.45, 2.75) is 63.9 Å². The molecule has 0 aliphatic heterocycles. The normalized spacial score (nSPS) is 28.9. The Hall–Kier alpha value is -0.980. The monoisotopic (exact) mass is 282 g/mol. The number of alkyl halides is 3. The molecule has 1 fully saturated rings. The van der Waals surface area contributed by atoms with Crippen LogP contribution in [0.15, 0.2) is 0 Å². The van der Waals surface area contributed by atoms with Crippen molar-refractivity contribution >= 4 is 6.09 Å². The van der Waals surface area contributed by atoms with Gasteiger partial charge in [-0.25, -0.2) is 4.79 Å². The molecule has 0 unspecified atom stereocenters. The van der Waals surface area contributed by atoms with E-state index in [2.05, 4.69) is 5.32 Å². The first-order valence-corrected chi connectivity index (χ1v) is 6.29. The lowest BCUT2D eigenvalue weighted by Crippen LogP contribution is -2.49. The standard InChI is InChI=1S/C12H21F3N2O2/c1-11(2,3)19-10(18)17-9-5-7(12(13,14)15)4-8(16)6-9/h7-9H,4-6,16H2,1-3H3,(H,17,18)/t7-,8+,9+/m1/s1. The summed E-state index contributed by atoms with van der Waals surface area (Å²) in [5, 5.41) is 2.47. The molecule has 0 bridgehead atoms. The highest BCUT2D eigenvalue weighted by atomic mass is 19.4. The first-order valence-electron chi connectivity index (χ1n) is 6.29. The van der Waals surface area contributed by atoms with Crippen LogP contribution in [0, 0.1) is 5.92 Å². The third kappa shape index (κ3) is 5.67. The molecule has 0 heterocycles. The number of carbonyl (C=O) groups is 1. The van der Waals surface area contributed by atoms with Crippen LogP contribution < -0.4 is 11.1 Å². The number of rotatable bonds is 1. The zero-order valence-corrected chi connectivity index (χ0v) is 11.4. The molecule has 1 aliphatic carbocycles. The van der Waals surface area contributed by atoms with Crippen LogP contribution in [0.4, 0.5) is 18.0 Å². The zero-order chi connectivity index (χ0) is 14.8. The first kappa shape index (κ1) is 16.1. The number of nitrogens with one attached hydrogen (secondary N) is 1. The van der Waals surface area contributed by atoms with Crippen molar-refractivity contribution in [2.24, 2.45) is 11.7 Å². The molecular formula is C12H21F3N2O2. The molecule has 1 rings (SSSR count). The average Bonchev–Trinajstić information content (AvgIpc) is 2.11. The summed E-state index contributed by atoms with van der Waals surface area (Å²) in [5.41, 5.74) is 4.95. The van der Waals surface area contributed by atoms with E-state index in [9.17, 15) is 18.0 Å². The Morgan fingerprint density at radius 1 is 1.21 bits per heavy atom. The predicted octanol–water partition coefficient (Wildman–Crippen LogP) is 2.57. The minimum absolute atomic E-state index is 0.0873. The molecule has 0 radical (unpaired) electrons. The lowest BCUT2D eigenvalue weighted by atomic mass is 9.82. The Balaban J connectivity index is 2.56. The molecule has 0 aromatic rings. The minimum atomic E-state index is -4.27. The summed E-state index contributed by atoms with van der Waals surface area (Å²) in [6.07, 6.45) is -4.86. The van der Waals surface area contributed by atoms with Crippen molar-refractivity contribution in [3.63, 3.8) is 0 Å². The first-order chi connectivity index (χ1) is 8.47. The van der Waals surface area contributed by atoms with Crippen molar-refractivity contribution in [1.82, 2.24) is 5.32 Å². The fraction of sp³-hybridized carbons (Fsp3) is 0.917. The summed E-state index contributed by atoms with van der Waals surface area (Å²) in [6, 6.07) is -1.15. The van der Waals surface area contributed by atoms with Gasteiger partial charge >= 0.3 is 12.3 Å². The minimum Gasteiger partial charge on any atom is -0.444 e. The van der Waals surface area contributed by atoms with Gasteiger partial charge in [0.25, 0.3) is 0 Å². The summed E-state index contributed by atoms with van der Waals surface area (Å²) in [4.78, 5) is 11.5. The van der Waals surface area contributed by atoms with Gasteiger partial charge in [-0.05, 0) is 40.0 Å². The predicted molar refractivity (Wildman–Crippen MR) is 64.5 cm³/mol. The van der Waals surface area contributed by atoms with Gasteiger partial charge in [0.2, 0.25) is 0 Å². The largest absolute Gasteiger partial charge is 0.444 e. The maximum Gasteiger partial charge on any atom is 0.407 e. The molecule has 19 heavy (non-hydrogen) atoms. The summed E-state index contributed by atoms with van der Waals surface area (Å²) in [7, 11) is 0. The average molecular weight is 282 g/mol. The Labute approximate surface area is 110 Å². The molecule has 4 nitrogen and oxygen atoms in total. The molecule has 0 saturated heterocycles. The maximum absolute atomic E-state index is 12.7. The SMILES string of the molecule is CC(C)(C)OC(=O)N[C@@H]1C[C@@H](N)C[C@@H](C(F)(F)F)C1. The fourth-order valence-electron chi connectivity index (χ4n) is 2.22. The van der Waals surface area contributed by atoms with Gasteiger partial charge in [-0.2, -0.15) is 13.2 Å². The van der Waals surface area contributed by atoms with Crippen LogP contribution in [0.3, 0.4) is 0 Å². The van der Waals surface area contributed by atoms with E-state index in [1.807, 2.05) is 0 Å². The number of carbonyl (C=O) groups excluding carboxylic acids is 1. The van der Waals surface area contributed by atoms with Gasteiger partial charge in [0.05, 0.1) is 5.92 Å². The van der Waals surface area contributed by atoms with Gasteiger partial charge in [-0.3, -0.25) is 0 Å². The Morgan fingerprint density at radius 2 is 1.79 bits per heavy atom. The second-order valence-corrected chi connectivity index (χ2v) is 6.05. The van der Waals surface area contributed by atoms with E-state index in [1.165, 1.54) is 0 Å². The highest BCUT2D eigenvalue weighted by Gasteiger charge is 2.44. The van der Waals surface area contributed by atoms with Crippen LogP contribution in [0.25, 0.3) is 0 Å². The summed E-state index contributed by atoms with van der Waals surface area (Å²) < 4.78 is 43.1. The van der Waals surface area contributed by atoms with Crippen molar-refractivity contribution < 1.29 is 22.7 Å². The van der Waals surface area contributed by atoms with Crippen LogP contribution in [0.5, 0.6) is 0 Å².